The molecule has 3 aromatic carbocycles. The van der Waals surface area contributed by atoms with E-state index < -0.39 is 10.3 Å². The van der Waals surface area contributed by atoms with Crippen molar-refractivity contribution in [2.45, 2.75) is 37.5 Å². The number of fused-ring (bicyclic) bond motifs is 3. The highest BCUT2D eigenvalue weighted by Gasteiger charge is 2.50. The third-order valence-corrected chi connectivity index (χ3v) is 7.37. The zero-order valence-electron chi connectivity index (χ0n) is 19.8. The van der Waals surface area contributed by atoms with E-state index in [1.165, 1.54) is 37.8 Å². The third-order valence-electron chi connectivity index (χ3n) is 7.37. The van der Waals surface area contributed by atoms with Crippen molar-refractivity contribution in [2.75, 3.05) is 26.2 Å². The van der Waals surface area contributed by atoms with Crippen molar-refractivity contribution in [1.29, 1.82) is 0 Å². The number of carbonyl (C=O) groups is 1. The predicted molar refractivity (Wildman–Crippen MR) is 135 cm³/mol. The summed E-state index contributed by atoms with van der Waals surface area (Å²) < 4.78 is 6.03. The average molecular weight is 471 g/mol. The number of hydrogen-bond acceptors (Lipinski definition) is 5. The Hall–Kier alpha value is -3.51. The largest absolute Gasteiger partial charge is 0.463 e. The summed E-state index contributed by atoms with van der Waals surface area (Å²) in [4.78, 5) is 27.2. The highest BCUT2D eigenvalue weighted by Crippen LogP contribution is 2.51. The zero-order valence-corrected chi connectivity index (χ0v) is 19.8. The van der Waals surface area contributed by atoms with Gasteiger partial charge in [-0.05, 0) is 60.2 Å². The molecule has 0 spiro atoms. The van der Waals surface area contributed by atoms with Gasteiger partial charge in [0.25, 0.3) is 5.69 Å². The van der Waals surface area contributed by atoms with Gasteiger partial charge in [-0.2, -0.15) is 0 Å². The molecule has 180 valence electrons. The Bertz CT molecular complexity index is 1170. The smallest absolute Gasteiger partial charge is 0.321 e. The summed E-state index contributed by atoms with van der Waals surface area (Å²) >= 11 is 0. The minimum atomic E-state index is -0.998. The molecule has 0 unspecified atom stereocenters. The molecule has 2 aliphatic rings. The fourth-order valence-corrected chi connectivity index (χ4v) is 5.60. The van der Waals surface area contributed by atoms with Gasteiger partial charge in [-0.25, -0.2) is 0 Å². The van der Waals surface area contributed by atoms with Gasteiger partial charge in [-0.1, -0.05) is 73.5 Å². The van der Waals surface area contributed by atoms with Crippen LogP contribution in [0.2, 0.25) is 0 Å². The number of nitrogens with zero attached hydrogens (tertiary/aromatic N) is 2. The monoisotopic (exact) mass is 470 g/mol. The van der Waals surface area contributed by atoms with Crippen LogP contribution in [0.1, 0.15) is 42.4 Å². The molecule has 0 saturated carbocycles. The van der Waals surface area contributed by atoms with Crippen molar-refractivity contribution in [3.63, 3.8) is 0 Å². The van der Waals surface area contributed by atoms with Gasteiger partial charge in [0.05, 0.1) is 4.92 Å². The van der Waals surface area contributed by atoms with Gasteiger partial charge in [-0.15, -0.1) is 0 Å². The van der Waals surface area contributed by atoms with E-state index in [-0.39, 0.29) is 11.7 Å². The molecule has 0 bridgehead atoms. The first-order valence-corrected chi connectivity index (χ1v) is 12.4. The molecule has 1 heterocycles. The minimum Gasteiger partial charge on any atom is -0.463 e. The second-order valence-electron chi connectivity index (χ2n) is 9.49. The van der Waals surface area contributed by atoms with Gasteiger partial charge in [0.1, 0.15) is 12.0 Å². The van der Waals surface area contributed by atoms with E-state index in [1.807, 2.05) is 36.4 Å². The standard InChI is InChI=1S/C29H30N2O4/c32-28(35-20-19-30-17-7-1-2-8-18-30)29(21-22-13-15-23(16-14-22)31(33)34)26-11-5-3-9-24(26)25-10-4-6-12-27(25)29/h3-6,9-16H,1-2,7-8,17-21H2. The number of nitro groups is 1. The Morgan fingerprint density at radius 2 is 1.43 bits per heavy atom. The molecule has 0 atom stereocenters. The Kier molecular flexibility index (Phi) is 6.64. The minimum absolute atomic E-state index is 0.0371. The third kappa shape index (κ3) is 4.46. The van der Waals surface area contributed by atoms with Crippen LogP contribution >= 0.6 is 0 Å². The Labute approximate surface area is 205 Å². The summed E-state index contributed by atoms with van der Waals surface area (Å²) in [6.07, 6.45) is 5.30. The van der Waals surface area contributed by atoms with Gasteiger partial charge in [0, 0.05) is 18.7 Å². The SMILES string of the molecule is O=C(OCCN1CCCCCC1)C1(Cc2ccc([N+](=O)[O-])cc2)c2ccccc2-c2ccccc21. The average Bonchev–Trinajstić information content (AvgIpc) is 3.00. The first kappa shape index (κ1) is 23.2. The Morgan fingerprint density at radius 3 is 2.00 bits per heavy atom. The summed E-state index contributed by atoms with van der Waals surface area (Å²) in [5.41, 5.74) is 3.83. The van der Waals surface area contributed by atoms with E-state index >= 15 is 0 Å². The molecular formula is C29H30N2O4. The maximum Gasteiger partial charge on any atom is 0.321 e. The normalized spacial score (nSPS) is 16.7. The molecule has 35 heavy (non-hydrogen) atoms. The molecule has 0 amide bonds. The van der Waals surface area contributed by atoms with Crippen LogP contribution < -0.4 is 0 Å². The van der Waals surface area contributed by atoms with Crippen molar-refractivity contribution >= 4 is 11.7 Å². The van der Waals surface area contributed by atoms with E-state index in [0.29, 0.717) is 13.0 Å². The molecule has 1 fully saturated rings. The van der Waals surface area contributed by atoms with E-state index in [1.54, 1.807) is 12.1 Å². The summed E-state index contributed by atoms with van der Waals surface area (Å²) in [6.45, 7) is 3.20. The van der Waals surface area contributed by atoms with Crippen LogP contribution in [0.3, 0.4) is 0 Å². The lowest BCUT2D eigenvalue weighted by molar-refractivity contribution is -0.384. The van der Waals surface area contributed by atoms with E-state index in [4.69, 9.17) is 4.74 Å². The van der Waals surface area contributed by atoms with Gasteiger partial charge < -0.3 is 4.74 Å². The lowest BCUT2D eigenvalue weighted by Gasteiger charge is -2.30. The van der Waals surface area contributed by atoms with Crippen LogP contribution in [-0.4, -0.2) is 42.0 Å². The number of non-ortho nitro benzene ring substituents is 1. The first-order chi connectivity index (χ1) is 17.1. The molecule has 3 aromatic rings. The van der Waals surface area contributed by atoms with Crippen LogP contribution in [0.5, 0.6) is 0 Å². The van der Waals surface area contributed by atoms with Crippen LogP contribution in [0, 0.1) is 10.1 Å². The second-order valence-corrected chi connectivity index (χ2v) is 9.49. The molecule has 5 rings (SSSR count). The number of benzene rings is 3. The van der Waals surface area contributed by atoms with Gasteiger partial charge in [0.2, 0.25) is 0 Å². The summed E-state index contributed by atoms with van der Waals surface area (Å²) in [5.74, 6) is -0.261. The molecule has 1 aliphatic heterocycles. The van der Waals surface area contributed by atoms with Gasteiger partial charge in [0.15, 0.2) is 0 Å². The number of ether oxygens (including phenoxy) is 1. The number of likely N-dealkylation sites (tertiary alicyclic amines) is 1. The van der Waals surface area contributed by atoms with Crippen LogP contribution in [0.4, 0.5) is 5.69 Å². The maximum atomic E-state index is 14.0. The fourth-order valence-electron chi connectivity index (χ4n) is 5.60. The van der Waals surface area contributed by atoms with Gasteiger partial charge in [-0.3, -0.25) is 19.8 Å². The van der Waals surface area contributed by atoms with Crippen LogP contribution in [-0.2, 0) is 21.4 Å². The van der Waals surface area contributed by atoms with Crippen molar-refractivity contribution < 1.29 is 14.5 Å². The lowest BCUT2D eigenvalue weighted by atomic mass is 9.73. The van der Waals surface area contributed by atoms with E-state index in [9.17, 15) is 14.9 Å². The summed E-state index contributed by atoms with van der Waals surface area (Å²) in [5, 5.41) is 11.2. The molecule has 6 nitrogen and oxygen atoms in total. The highest BCUT2D eigenvalue weighted by molar-refractivity contribution is 5.98. The quantitative estimate of drug-likeness (QED) is 0.258. The fraction of sp³-hybridized carbons (Fsp3) is 0.345. The maximum absolute atomic E-state index is 14.0. The lowest BCUT2D eigenvalue weighted by Crippen LogP contribution is -2.40. The first-order valence-electron chi connectivity index (χ1n) is 12.4. The van der Waals surface area contributed by atoms with Crippen molar-refractivity contribution in [3.05, 3.63) is 99.6 Å². The molecule has 0 N–H and O–H groups in total. The second kappa shape index (κ2) is 10.0. The zero-order chi connectivity index (χ0) is 24.3. The molecule has 0 aromatic heterocycles. The summed E-state index contributed by atoms with van der Waals surface area (Å²) in [7, 11) is 0. The molecule has 1 aliphatic carbocycles. The number of carbonyl (C=O) groups excluding carboxylic acids is 1. The van der Waals surface area contributed by atoms with Crippen molar-refractivity contribution in [2.24, 2.45) is 0 Å². The Morgan fingerprint density at radius 1 is 0.857 bits per heavy atom. The summed E-state index contributed by atoms with van der Waals surface area (Å²) in [6, 6.07) is 22.5. The highest BCUT2D eigenvalue weighted by atomic mass is 16.6. The topological polar surface area (TPSA) is 72.7 Å². The van der Waals surface area contributed by atoms with Gasteiger partial charge >= 0.3 is 5.97 Å². The van der Waals surface area contributed by atoms with Crippen molar-refractivity contribution in [1.82, 2.24) is 4.90 Å². The number of hydrogen-bond donors (Lipinski definition) is 0. The molecular weight excluding hydrogens is 440 g/mol. The molecule has 6 heteroatoms. The molecule has 1 saturated heterocycles. The van der Waals surface area contributed by atoms with Crippen LogP contribution in [0.15, 0.2) is 72.8 Å². The predicted octanol–water partition coefficient (Wildman–Crippen LogP) is 5.52. The molecule has 0 radical (unpaired) electrons. The van der Waals surface area contributed by atoms with Crippen molar-refractivity contribution in [3.8, 4) is 11.1 Å². The number of esters is 1. The number of nitro benzene ring substituents is 1. The number of rotatable bonds is 7. The Balaban J connectivity index is 1.49. The van der Waals surface area contributed by atoms with E-state index in [0.717, 1.165) is 47.5 Å². The van der Waals surface area contributed by atoms with E-state index in [2.05, 4.69) is 17.0 Å². The van der Waals surface area contributed by atoms with Crippen LogP contribution in [0.25, 0.3) is 11.1 Å².